The van der Waals surface area contributed by atoms with Crippen LogP contribution in [-0.4, -0.2) is 43.7 Å². The van der Waals surface area contributed by atoms with Crippen molar-refractivity contribution in [3.63, 3.8) is 0 Å². The molecule has 0 radical (unpaired) electrons. The fourth-order valence-corrected chi connectivity index (χ4v) is 2.32. The third-order valence-electron chi connectivity index (χ3n) is 0.824. The highest BCUT2D eigenvalue weighted by molar-refractivity contribution is 7.87. The van der Waals surface area contributed by atoms with Crippen molar-refractivity contribution >= 4 is 31.9 Å². The highest BCUT2D eigenvalue weighted by atomic mass is 32.3. The van der Waals surface area contributed by atoms with E-state index in [0.29, 0.717) is 4.83 Å². The van der Waals surface area contributed by atoms with Crippen LogP contribution < -0.4 is 4.83 Å². The molecule has 0 aliphatic rings. The maximum absolute atomic E-state index is 10.6. The first-order chi connectivity index (χ1) is 7.49. The summed E-state index contributed by atoms with van der Waals surface area (Å²) in [7, 11) is -10.7. The van der Waals surface area contributed by atoms with E-state index in [9.17, 15) is 21.0 Å². The molecule has 0 saturated heterocycles. The van der Waals surface area contributed by atoms with Gasteiger partial charge >= 0.3 is 31.9 Å². The van der Waals surface area contributed by atoms with Crippen LogP contribution in [0.1, 0.15) is 0 Å². The lowest BCUT2D eigenvalue weighted by molar-refractivity contribution is 0.117. The monoisotopic (exact) mass is 312 g/mol. The van der Waals surface area contributed by atoms with Crippen LogP contribution in [0.15, 0.2) is 5.22 Å². The smallest absolute Gasteiger partial charge is 0.272 e. The van der Waals surface area contributed by atoms with Crippen molar-refractivity contribution in [2.75, 3.05) is 0 Å². The number of nitrogens with zero attached hydrogens (tertiary/aromatic N) is 5. The van der Waals surface area contributed by atoms with Gasteiger partial charge in [-0.05, 0) is 4.52 Å². The van der Waals surface area contributed by atoms with Gasteiger partial charge in [-0.1, -0.05) is 4.83 Å². The van der Waals surface area contributed by atoms with Gasteiger partial charge in [-0.25, -0.2) is 0 Å². The first kappa shape index (κ1) is 16.0. The number of hydrazine groups is 2. The Morgan fingerprint density at radius 2 is 1.76 bits per heavy atom. The normalized spacial score (nSPS) is 14.1. The Hall–Kier alpha value is -1.04. The van der Waals surface area contributed by atoms with Crippen molar-refractivity contribution in [1.29, 1.82) is 0 Å². The second-order valence-corrected chi connectivity index (χ2v) is 5.11. The van der Waals surface area contributed by atoms with Gasteiger partial charge in [-0.3, -0.25) is 13.7 Å². The van der Waals surface area contributed by atoms with Crippen LogP contribution in [0.2, 0.25) is 0 Å². The van der Waals surface area contributed by atoms with Gasteiger partial charge in [0, 0.05) is 5.22 Å². The first-order valence-electron chi connectivity index (χ1n) is 2.97. The van der Waals surface area contributed by atoms with Crippen molar-refractivity contribution in [2.45, 2.75) is 0 Å². The predicted octanol–water partition coefficient (Wildman–Crippen LogP) is -2.02. The topological polar surface area (TPSA) is 213 Å². The van der Waals surface area contributed by atoms with Gasteiger partial charge in [0.2, 0.25) is 0 Å². The van der Waals surface area contributed by atoms with Crippen LogP contribution in [0.4, 0.5) is 0 Å². The second kappa shape index (κ2) is 5.53. The van der Waals surface area contributed by atoms with Crippen molar-refractivity contribution in [2.24, 2.45) is 5.22 Å². The molecule has 0 heterocycles. The van der Waals surface area contributed by atoms with E-state index in [0.717, 1.165) is 0 Å². The van der Waals surface area contributed by atoms with E-state index in [4.69, 9.17) is 19.2 Å². The summed E-state index contributed by atoms with van der Waals surface area (Å²) in [6.07, 6.45) is 0. The Morgan fingerprint density at radius 1 is 1.29 bits per heavy atom. The highest BCUT2D eigenvalue weighted by Crippen LogP contribution is 2.05. The first-order valence-corrected chi connectivity index (χ1v) is 6.87. The van der Waals surface area contributed by atoms with Crippen molar-refractivity contribution in [3.05, 3.63) is 10.4 Å². The summed E-state index contributed by atoms with van der Waals surface area (Å²) in [5.41, 5.74) is 7.93. The van der Waals surface area contributed by atoms with E-state index in [1.165, 1.54) is 0 Å². The summed E-state index contributed by atoms with van der Waals surface area (Å²) in [6, 6.07) is 0. The minimum absolute atomic E-state index is 0.694. The molecule has 0 saturated carbocycles. The summed E-state index contributed by atoms with van der Waals surface area (Å²) in [5.74, 6) is 0. The number of hydrogen-bond donors (Lipinski definition) is 4. The lowest BCUT2D eigenvalue weighted by Crippen LogP contribution is -2.53. The van der Waals surface area contributed by atoms with E-state index in [1.54, 1.807) is 0 Å². The second-order valence-electron chi connectivity index (χ2n) is 1.95. The molecule has 0 aliphatic heterocycles. The lowest BCUT2D eigenvalue weighted by atomic mass is 12.3. The van der Waals surface area contributed by atoms with Gasteiger partial charge < -0.3 is 0 Å². The zero-order valence-corrected chi connectivity index (χ0v) is 9.79. The average Bonchev–Trinajstić information content (AvgIpc) is 2.07. The third kappa shape index (κ3) is 5.72. The zero-order chi connectivity index (χ0) is 13.9. The Balaban J connectivity index is 5.61. The van der Waals surface area contributed by atoms with E-state index < -0.39 is 40.9 Å². The summed E-state index contributed by atoms with van der Waals surface area (Å²) >= 11 is -3.35. The molecule has 0 aromatic carbocycles. The fraction of sp³-hybridized carbons (Fsp3) is 0. The summed E-state index contributed by atoms with van der Waals surface area (Å²) in [6.45, 7) is 0. The molecule has 17 heteroatoms. The van der Waals surface area contributed by atoms with E-state index >= 15 is 0 Å². The van der Waals surface area contributed by atoms with Gasteiger partial charge in [0.15, 0.2) is 0 Å². The quantitative estimate of drug-likeness (QED) is 0.107. The molecule has 0 bridgehead atoms. The van der Waals surface area contributed by atoms with Gasteiger partial charge in [0.1, 0.15) is 0 Å². The Morgan fingerprint density at radius 3 is 2.00 bits per heavy atom. The standard InChI is InChI=1S/H4N6O8S3/c1-2-3-5(15(7)8)6(17(12,13)14)4-16(9,10)11/h4H,(H,7,8)(H,9,10,11)(H,12,13,14). The molecule has 0 rings (SSSR count). The van der Waals surface area contributed by atoms with Gasteiger partial charge in [-0.2, -0.15) is 26.0 Å². The van der Waals surface area contributed by atoms with Gasteiger partial charge in [0.05, 0.1) is 4.52 Å². The van der Waals surface area contributed by atoms with E-state index in [1.807, 2.05) is 4.91 Å². The molecule has 14 nitrogen and oxygen atoms in total. The van der Waals surface area contributed by atoms with Gasteiger partial charge in [0.25, 0.3) is 0 Å². The molecule has 1 atom stereocenters. The number of azide groups is 1. The maximum Gasteiger partial charge on any atom is 0.386 e. The molecule has 0 fully saturated rings. The van der Waals surface area contributed by atoms with Crippen molar-refractivity contribution in [1.82, 2.24) is 13.9 Å². The molecule has 0 amide bonds. The molecule has 1 unspecified atom stereocenters. The largest absolute Gasteiger partial charge is 0.386 e. The zero-order valence-electron chi connectivity index (χ0n) is 7.34. The van der Waals surface area contributed by atoms with E-state index in [-0.39, 0.29) is 0 Å². The van der Waals surface area contributed by atoms with Crippen LogP contribution in [0.25, 0.3) is 10.4 Å². The lowest BCUT2D eigenvalue weighted by Gasteiger charge is -2.18. The van der Waals surface area contributed by atoms with Gasteiger partial charge in [-0.15, -0.1) is 5.53 Å². The molecule has 0 spiro atoms. The van der Waals surface area contributed by atoms with Crippen molar-refractivity contribution in [3.8, 4) is 0 Å². The molecule has 4 N–H and O–H groups in total. The Kier molecular flexibility index (Phi) is 5.19. The number of hydrogen-bond acceptors (Lipinski definition) is 6. The molecule has 100 valence electrons. The highest BCUT2D eigenvalue weighted by Gasteiger charge is 2.37. The predicted molar refractivity (Wildman–Crippen MR) is 49.8 cm³/mol. The van der Waals surface area contributed by atoms with Crippen LogP contribution in [0.3, 0.4) is 0 Å². The third-order valence-corrected chi connectivity index (χ3v) is 2.64. The summed E-state index contributed by atoms with van der Waals surface area (Å²) in [5, 5.41) is 2.29. The van der Waals surface area contributed by atoms with Crippen LogP contribution in [0.5, 0.6) is 0 Å². The number of rotatable bonds is 6. The SMILES string of the molecule is [N-]=[N+]=NN(N(NS(=O)(=O)O)S(=O)(=O)O)S(=O)O. The summed E-state index contributed by atoms with van der Waals surface area (Å²) in [4.78, 5) is 2.58. The summed E-state index contributed by atoms with van der Waals surface area (Å²) < 4.78 is 75.8. The Bertz CT molecular complexity index is 536. The molecular weight excluding hydrogens is 308 g/mol. The minimum Gasteiger partial charge on any atom is -0.272 e. The fourth-order valence-electron chi connectivity index (χ4n) is 0.434. The van der Waals surface area contributed by atoms with Crippen LogP contribution in [0, 0.1) is 0 Å². The van der Waals surface area contributed by atoms with E-state index in [2.05, 4.69) is 5.22 Å². The van der Waals surface area contributed by atoms with Crippen molar-refractivity contribution < 1.29 is 34.7 Å². The van der Waals surface area contributed by atoms with Crippen LogP contribution in [-0.2, 0) is 31.9 Å². The Labute approximate surface area is 96.5 Å². The number of nitrogens with one attached hydrogen (secondary N) is 1. The molecule has 0 aliphatic carbocycles. The molecular formula is H4N6O8S3. The van der Waals surface area contributed by atoms with Crippen LogP contribution >= 0.6 is 0 Å². The molecule has 0 aromatic heterocycles. The molecule has 0 aromatic rings. The molecule has 17 heavy (non-hydrogen) atoms. The minimum atomic E-state index is -5.47. The average molecular weight is 312 g/mol. The maximum atomic E-state index is 10.6.